The standard InChI is InChI=1S/C14H17N3O4S2.ClH/c1-9(15)11-5-3-10(4-6-11)7-17-23(19,20)14-12(13(18)21-2)16-8-22-14;/h3-6,8-9,17H,7,15H2,1-2H3;1H. The van der Waals surface area contributed by atoms with Gasteiger partial charge in [-0.3, -0.25) is 0 Å². The zero-order valence-electron chi connectivity index (χ0n) is 13.1. The van der Waals surface area contributed by atoms with E-state index in [9.17, 15) is 13.2 Å². The van der Waals surface area contributed by atoms with Crippen LogP contribution in [0.25, 0.3) is 0 Å². The van der Waals surface area contributed by atoms with E-state index in [-0.39, 0.29) is 34.9 Å². The average Bonchev–Trinajstić information content (AvgIpc) is 3.03. The Bertz CT molecular complexity index is 789. The number of carbonyl (C=O) groups is 1. The summed E-state index contributed by atoms with van der Waals surface area (Å²) in [6, 6.07) is 7.21. The summed E-state index contributed by atoms with van der Waals surface area (Å²) in [5, 5.41) is 0. The van der Waals surface area contributed by atoms with Crippen molar-refractivity contribution < 1.29 is 17.9 Å². The van der Waals surface area contributed by atoms with Crippen LogP contribution in [0.1, 0.15) is 34.6 Å². The first-order chi connectivity index (χ1) is 10.8. The third kappa shape index (κ3) is 4.74. The van der Waals surface area contributed by atoms with Crippen LogP contribution in [0.2, 0.25) is 0 Å². The Labute approximate surface area is 150 Å². The van der Waals surface area contributed by atoms with Crippen LogP contribution in [-0.2, 0) is 21.3 Å². The number of halogens is 1. The highest BCUT2D eigenvalue weighted by Crippen LogP contribution is 2.21. The van der Waals surface area contributed by atoms with E-state index in [0.29, 0.717) is 0 Å². The maximum Gasteiger partial charge on any atom is 0.358 e. The van der Waals surface area contributed by atoms with Crippen molar-refractivity contribution in [2.75, 3.05) is 7.11 Å². The van der Waals surface area contributed by atoms with Crippen LogP contribution in [0.4, 0.5) is 0 Å². The van der Waals surface area contributed by atoms with Crippen molar-refractivity contribution in [2.45, 2.75) is 23.7 Å². The molecule has 3 N–H and O–H groups in total. The number of hydrogen-bond donors (Lipinski definition) is 2. The van der Waals surface area contributed by atoms with Crippen molar-refractivity contribution in [3.8, 4) is 0 Å². The molecule has 2 rings (SSSR count). The van der Waals surface area contributed by atoms with Crippen LogP contribution in [0.5, 0.6) is 0 Å². The number of aromatic nitrogens is 1. The molecule has 0 saturated heterocycles. The van der Waals surface area contributed by atoms with Crippen molar-refractivity contribution in [1.82, 2.24) is 9.71 Å². The largest absolute Gasteiger partial charge is 0.464 e. The summed E-state index contributed by atoms with van der Waals surface area (Å²) in [5.41, 5.74) is 8.59. The van der Waals surface area contributed by atoms with Gasteiger partial charge >= 0.3 is 5.97 Å². The molecule has 1 atom stereocenters. The Hall–Kier alpha value is -1.52. The van der Waals surface area contributed by atoms with E-state index in [4.69, 9.17) is 5.73 Å². The highest BCUT2D eigenvalue weighted by atomic mass is 35.5. The zero-order chi connectivity index (χ0) is 17.0. The summed E-state index contributed by atoms with van der Waals surface area (Å²) in [5.74, 6) is -0.784. The molecule has 1 aromatic carbocycles. The van der Waals surface area contributed by atoms with E-state index in [2.05, 4.69) is 14.4 Å². The minimum atomic E-state index is -3.85. The zero-order valence-corrected chi connectivity index (χ0v) is 15.5. The van der Waals surface area contributed by atoms with E-state index in [1.165, 1.54) is 12.6 Å². The lowest BCUT2D eigenvalue weighted by molar-refractivity contribution is 0.0590. The second-order valence-corrected chi connectivity index (χ2v) is 7.65. The molecule has 7 nitrogen and oxygen atoms in total. The molecule has 0 aliphatic carbocycles. The lowest BCUT2D eigenvalue weighted by atomic mass is 10.1. The number of esters is 1. The quantitative estimate of drug-likeness (QED) is 0.727. The molecular formula is C14H18ClN3O4S2. The van der Waals surface area contributed by atoms with Crippen LogP contribution >= 0.6 is 23.7 Å². The molecule has 1 unspecified atom stereocenters. The molecule has 0 fully saturated rings. The van der Waals surface area contributed by atoms with E-state index < -0.39 is 16.0 Å². The fraction of sp³-hybridized carbons (Fsp3) is 0.286. The number of ether oxygens (including phenoxy) is 1. The number of nitrogens with one attached hydrogen (secondary N) is 1. The summed E-state index contributed by atoms with van der Waals surface area (Å²) in [4.78, 5) is 15.3. The SMILES string of the molecule is COC(=O)c1ncsc1S(=O)(=O)NCc1ccc(C(C)N)cc1.Cl. The van der Waals surface area contributed by atoms with Crippen LogP contribution in [-0.4, -0.2) is 26.5 Å². The van der Waals surface area contributed by atoms with Crippen LogP contribution in [0, 0.1) is 0 Å². The molecule has 0 bridgehead atoms. The number of hydrogen-bond acceptors (Lipinski definition) is 7. The molecule has 0 amide bonds. The normalized spacial score (nSPS) is 12.3. The van der Waals surface area contributed by atoms with Gasteiger partial charge in [0.15, 0.2) is 9.90 Å². The van der Waals surface area contributed by atoms with Gasteiger partial charge in [-0.05, 0) is 18.1 Å². The summed E-state index contributed by atoms with van der Waals surface area (Å²) in [7, 11) is -2.67. The van der Waals surface area contributed by atoms with Gasteiger partial charge in [-0.2, -0.15) is 0 Å². The second-order valence-electron chi connectivity index (χ2n) is 4.83. The Morgan fingerprint density at radius 1 is 1.38 bits per heavy atom. The predicted octanol–water partition coefficient (Wildman–Crippen LogP) is 1.85. The fourth-order valence-corrected chi connectivity index (χ4v) is 4.03. The molecule has 0 spiro atoms. The van der Waals surface area contributed by atoms with Gasteiger partial charge in [-0.1, -0.05) is 24.3 Å². The molecule has 0 aliphatic rings. The fourth-order valence-electron chi connectivity index (χ4n) is 1.84. The number of benzene rings is 1. The average molecular weight is 392 g/mol. The molecule has 2 aromatic rings. The lowest BCUT2D eigenvalue weighted by Gasteiger charge is -2.08. The molecule has 1 aromatic heterocycles. The second kappa shape index (κ2) is 8.54. The molecular weight excluding hydrogens is 374 g/mol. The van der Waals surface area contributed by atoms with Gasteiger partial charge in [0, 0.05) is 12.6 Å². The van der Waals surface area contributed by atoms with E-state index in [1.54, 1.807) is 12.1 Å². The van der Waals surface area contributed by atoms with Crippen molar-refractivity contribution >= 4 is 39.7 Å². The molecule has 24 heavy (non-hydrogen) atoms. The number of sulfonamides is 1. The van der Waals surface area contributed by atoms with E-state index >= 15 is 0 Å². The molecule has 0 saturated carbocycles. The first kappa shape index (κ1) is 20.5. The molecule has 0 aliphatic heterocycles. The van der Waals surface area contributed by atoms with E-state index in [0.717, 1.165) is 22.5 Å². The number of carbonyl (C=O) groups excluding carboxylic acids is 1. The molecule has 132 valence electrons. The minimum absolute atomic E-state index is 0. The lowest BCUT2D eigenvalue weighted by Crippen LogP contribution is -2.24. The Morgan fingerprint density at radius 2 is 2.00 bits per heavy atom. The van der Waals surface area contributed by atoms with Gasteiger partial charge in [-0.25, -0.2) is 22.9 Å². The minimum Gasteiger partial charge on any atom is -0.464 e. The van der Waals surface area contributed by atoms with Gasteiger partial charge in [0.2, 0.25) is 0 Å². The highest BCUT2D eigenvalue weighted by Gasteiger charge is 2.26. The van der Waals surface area contributed by atoms with Gasteiger partial charge in [-0.15, -0.1) is 23.7 Å². The number of thiazole rings is 1. The topological polar surface area (TPSA) is 111 Å². The number of methoxy groups -OCH3 is 1. The summed E-state index contributed by atoms with van der Waals surface area (Å²) in [6.45, 7) is 1.97. The van der Waals surface area contributed by atoms with Gasteiger partial charge < -0.3 is 10.5 Å². The summed E-state index contributed by atoms with van der Waals surface area (Å²) in [6.07, 6.45) is 0. The van der Waals surface area contributed by atoms with Crippen LogP contribution in [0.3, 0.4) is 0 Å². The monoisotopic (exact) mass is 391 g/mol. The van der Waals surface area contributed by atoms with Crippen molar-refractivity contribution in [2.24, 2.45) is 5.73 Å². The summed E-state index contributed by atoms with van der Waals surface area (Å²) < 4.78 is 31.5. The maximum atomic E-state index is 12.3. The Morgan fingerprint density at radius 3 is 2.54 bits per heavy atom. The molecule has 10 heteroatoms. The van der Waals surface area contributed by atoms with Gasteiger partial charge in [0.05, 0.1) is 12.6 Å². The van der Waals surface area contributed by atoms with Gasteiger partial charge in [0.1, 0.15) is 0 Å². The Balaban J connectivity index is 0.00000288. The third-order valence-electron chi connectivity index (χ3n) is 3.13. The predicted molar refractivity (Wildman–Crippen MR) is 93.8 cm³/mol. The highest BCUT2D eigenvalue weighted by molar-refractivity contribution is 7.91. The summed E-state index contributed by atoms with van der Waals surface area (Å²) >= 11 is 0.863. The number of nitrogens with zero attached hydrogens (tertiary/aromatic N) is 1. The number of nitrogens with two attached hydrogens (primary N) is 1. The van der Waals surface area contributed by atoms with Crippen molar-refractivity contribution in [1.29, 1.82) is 0 Å². The third-order valence-corrected chi connectivity index (χ3v) is 5.90. The first-order valence-corrected chi connectivity index (χ1v) is 9.07. The maximum absolute atomic E-state index is 12.3. The molecule has 0 radical (unpaired) electrons. The molecule has 1 heterocycles. The van der Waals surface area contributed by atoms with E-state index in [1.807, 2.05) is 19.1 Å². The van der Waals surface area contributed by atoms with Gasteiger partial charge in [0.25, 0.3) is 10.0 Å². The van der Waals surface area contributed by atoms with Crippen LogP contribution in [0.15, 0.2) is 34.0 Å². The first-order valence-electron chi connectivity index (χ1n) is 6.71. The van der Waals surface area contributed by atoms with Crippen molar-refractivity contribution in [3.05, 3.63) is 46.6 Å². The Kier molecular flexibility index (Phi) is 7.30. The van der Waals surface area contributed by atoms with Crippen LogP contribution < -0.4 is 10.5 Å². The smallest absolute Gasteiger partial charge is 0.358 e. The number of rotatable bonds is 6. The van der Waals surface area contributed by atoms with Crippen molar-refractivity contribution in [3.63, 3.8) is 0 Å².